The van der Waals surface area contributed by atoms with Crippen molar-refractivity contribution in [2.75, 3.05) is 19.8 Å². The van der Waals surface area contributed by atoms with Crippen molar-refractivity contribution in [1.82, 2.24) is 5.32 Å². The summed E-state index contributed by atoms with van der Waals surface area (Å²) in [5, 5.41) is 12.9. The topological polar surface area (TPSA) is 81.5 Å². The first-order chi connectivity index (χ1) is 8.56. The lowest BCUT2D eigenvalue weighted by atomic mass is 10.2. The van der Waals surface area contributed by atoms with Crippen molar-refractivity contribution in [2.24, 2.45) is 0 Å². The number of hydrogen-bond acceptors (Lipinski definition) is 4. The molecule has 0 aromatic heterocycles. The summed E-state index contributed by atoms with van der Waals surface area (Å²) in [5.41, 5.74) is -0.615. The van der Waals surface area contributed by atoms with Crippen LogP contribution in [0.5, 0.6) is 0 Å². The lowest BCUT2D eigenvalue weighted by Gasteiger charge is -2.05. The van der Waals surface area contributed by atoms with E-state index >= 15 is 0 Å². The average molecular weight is 256 g/mol. The molecule has 0 fully saturated rings. The van der Waals surface area contributed by atoms with E-state index in [-0.39, 0.29) is 5.56 Å². The van der Waals surface area contributed by atoms with Crippen LogP contribution in [-0.4, -0.2) is 30.6 Å². The summed E-state index contributed by atoms with van der Waals surface area (Å²) < 4.78 is 18.3. The molecule has 0 bridgehead atoms. The van der Waals surface area contributed by atoms with Crippen LogP contribution in [0, 0.1) is 15.9 Å². The van der Waals surface area contributed by atoms with Gasteiger partial charge in [0.1, 0.15) is 0 Å². The molecule has 0 saturated carbocycles. The van der Waals surface area contributed by atoms with Crippen molar-refractivity contribution in [3.05, 3.63) is 39.7 Å². The molecule has 0 radical (unpaired) electrons. The van der Waals surface area contributed by atoms with Gasteiger partial charge in [-0.05, 0) is 19.1 Å². The molecule has 0 atom stereocenters. The Balaban J connectivity index is 2.64. The molecule has 1 rings (SSSR count). The Morgan fingerprint density at radius 2 is 2.28 bits per heavy atom. The number of hydrogen-bond donors (Lipinski definition) is 1. The molecule has 0 saturated heterocycles. The third-order valence-corrected chi connectivity index (χ3v) is 2.14. The molecular weight excluding hydrogens is 243 g/mol. The van der Waals surface area contributed by atoms with E-state index in [4.69, 9.17) is 4.74 Å². The molecule has 7 heteroatoms. The van der Waals surface area contributed by atoms with Crippen LogP contribution in [0.25, 0.3) is 0 Å². The summed E-state index contributed by atoms with van der Waals surface area (Å²) in [6.07, 6.45) is 0. The zero-order valence-electron chi connectivity index (χ0n) is 9.81. The minimum absolute atomic E-state index is 0.0367. The average Bonchev–Trinajstić information content (AvgIpc) is 2.33. The number of nitrogens with zero attached hydrogens (tertiary/aromatic N) is 1. The summed E-state index contributed by atoms with van der Waals surface area (Å²) in [5.74, 6) is -1.53. The number of nitro groups is 1. The molecule has 1 N–H and O–H groups in total. The minimum atomic E-state index is -1.03. The molecule has 0 spiro atoms. The van der Waals surface area contributed by atoms with E-state index in [2.05, 4.69) is 5.32 Å². The number of rotatable bonds is 6. The fourth-order valence-corrected chi connectivity index (χ4v) is 1.28. The van der Waals surface area contributed by atoms with Crippen molar-refractivity contribution in [1.29, 1.82) is 0 Å². The summed E-state index contributed by atoms with van der Waals surface area (Å²) in [4.78, 5) is 21.1. The Kier molecular flexibility index (Phi) is 5.19. The molecule has 18 heavy (non-hydrogen) atoms. The lowest BCUT2D eigenvalue weighted by molar-refractivity contribution is -0.387. The molecule has 0 aliphatic rings. The fourth-order valence-electron chi connectivity index (χ4n) is 1.28. The van der Waals surface area contributed by atoms with Gasteiger partial charge in [0, 0.05) is 24.8 Å². The van der Waals surface area contributed by atoms with Gasteiger partial charge in [-0.25, -0.2) is 0 Å². The Labute approximate surface area is 103 Å². The highest BCUT2D eigenvalue weighted by Gasteiger charge is 2.16. The predicted octanol–water partition coefficient (Wildman–Crippen LogP) is 1.50. The van der Waals surface area contributed by atoms with Gasteiger partial charge in [-0.2, -0.15) is 4.39 Å². The summed E-state index contributed by atoms with van der Waals surface area (Å²) >= 11 is 0. The van der Waals surface area contributed by atoms with Crippen LogP contribution >= 0.6 is 0 Å². The second kappa shape index (κ2) is 6.65. The number of ether oxygens (including phenoxy) is 1. The number of halogens is 1. The highest BCUT2D eigenvalue weighted by Crippen LogP contribution is 2.17. The molecule has 98 valence electrons. The molecular formula is C11H13FN2O4. The Bertz CT molecular complexity index is 451. The maximum absolute atomic E-state index is 13.3. The van der Waals surface area contributed by atoms with Crippen LogP contribution in [0.4, 0.5) is 10.1 Å². The largest absolute Gasteiger partial charge is 0.380 e. The predicted molar refractivity (Wildman–Crippen MR) is 61.9 cm³/mol. The Morgan fingerprint density at radius 1 is 1.56 bits per heavy atom. The Hall–Kier alpha value is -2.02. The molecule has 0 aliphatic carbocycles. The van der Waals surface area contributed by atoms with E-state index < -0.39 is 22.3 Å². The van der Waals surface area contributed by atoms with E-state index in [1.54, 1.807) is 0 Å². The standard InChI is InChI=1S/C11H13FN2O4/c1-2-18-6-5-13-11(15)8-3-4-10(14(16)17)9(12)7-8/h3-4,7H,2,5-6H2,1H3,(H,13,15). The number of carbonyl (C=O) groups is 1. The quantitative estimate of drug-likeness (QED) is 0.475. The first-order valence-corrected chi connectivity index (χ1v) is 5.36. The van der Waals surface area contributed by atoms with E-state index in [0.29, 0.717) is 19.8 Å². The van der Waals surface area contributed by atoms with Crippen LogP contribution in [0.1, 0.15) is 17.3 Å². The van der Waals surface area contributed by atoms with Crippen molar-refractivity contribution < 1.29 is 18.8 Å². The highest BCUT2D eigenvalue weighted by atomic mass is 19.1. The zero-order chi connectivity index (χ0) is 13.5. The first kappa shape index (κ1) is 14.0. The molecule has 0 aliphatic heterocycles. The summed E-state index contributed by atoms with van der Waals surface area (Å²) in [6.45, 7) is 3.03. The molecule has 0 unspecified atom stereocenters. The lowest BCUT2D eigenvalue weighted by Crippen LogP contribution is -2.27. The SMILES string of the molecule is CCOCCNC(=O)c1ccc([N+](=O)[O-])c(F)c1. The van der Waals surface area contributed by atoms with Gasteiger partial charge in [0.25, 0.3) is 5.91 Å². The molecule has 0 heterocycles. The van der Waals surface area contributed by atoms with Gasteiger partial charge in [0.05, 0.1) is 11.5 Å². The highest BCUT2D eigenvalue weighted by molar-refractivity contribution is 5.94. The first-order valence-electron chi connectivity index (χ1n) is 5.36. The van der Waals surface area contributed by atoms with Crippen molar-refractivity contribution in [3.8, 4) is 0 Å². The van der Waals surface area contributed by atoms with Crippen molar-refractivity contribution in [2.45, 2.75) is 6.92 Å². The number of carbonyl (C=O) groups excluding carboxylic acids is 1. The van der Waals surface area contributed by atoms with Crippen LogP contribution in [0.2, 0.25) is 0 Å². The van der Waals surface area contributed by atoms with E-state index in [1.165, 1.54) is 6.07 Å². The third kappa shape index (κ3) is 3.77. The van der Waals surface area contributed by atoms with Crippen molar-refractivity contribution in [3.63, 3.8) is 0 Å². The second-order valence-corrected chi connectivity index (χ2v) is 3.38. The molecule has 1 amide bonds. The van der Waals surface area contributed by atoms with Crippen LogP contribution in [-0.2, 0) is 4.74 Å². The maximum Gasteiger partial charge on any atom is 0.304 e. The molecule has 1 aromatic carbocycles. The van der Waals surface area contributed by atoms with Gasteiger partial charge in [-0.1, -0.05) is 0 Å². The van der Waals surface area contributed by atoms with Gasteiger partial charge in [0.2, 0.25) is 5.82 Å². The summed E-state index contributed by atoms with van der Waals surface area (Å²) in [7, 11) is 0. The van der Waals surface area contributed by atoms with Gasteiger partial charge in [-0.3, -0.25) is 14.9 Å². The van der Waals surface area contributed by atoms with Crippen LogP contribution in [0.15, 0.2) is 18.2 Å². The molecule has 1 aromatic rings. The Morgan fingerprint density at radius 3 is 2.83 bits per heavy atom. The smallest absolute Gasteiger partial charge is 0.304 e. The number of nitro benzene ring substituents is 1. The molecule has 6 nitrogen and oxygen atoms in total. The van der Waals surface area contributed by atoms with Gasteiger partial charge >= 0.3 is 5.69 Å². The zero-order valence-corrected chi connectivity index (χ0v) is 9.81. The second-order valence-electron chi connectivity index (χ2n) is 3.38. The summed E-state index contributed by atoms with van der Waals surface area (Å²) in [6, 6.07) is 3.01. The fraction of sp³-hybridized carbons (Fsp3) is 0.364. The van der Waals surface area contributed by atoms with Crippen LogP contribution in [0.3, 0.4) is 0 Å². The number of benzene rings is 1. The third-order valence-electron chi connectivity index (χ3n) is 2.14. The van der Waals surface area contributed by atoms with Gasteiger partial charge in [0.15, 0.2) is 0 Å². The van der Waals surface area contributed by atoms with E-state index in [0.717, 1.165) is 12.1 Å². The number of amides is 1. The van der Waals surface area contributed by atoms with E-state index in [9.17, 15) is 19.3 Å². The monoisotopic (exact) mass is 256 g/mol. The normalized spacial score (nSPS) is 10.1. The number of nitrogens with one attached hydrogen (secondary N) is 1. The maximum atomic E-state index is 13.3. The minimum Gasteiger partial charge on any atom is -0.380 e. The van der Waals surface area contributed by atoms with Gasteiger partial charge in [-0.15, -0.1) is 0 Å². The van der Waals surface area contributed by atoms with Crippen molar-refractivity contribution >= 4 is 11.6 Å². The van der Waals surface area contributed by atoms with Gasteiger partial charge < -0.3 is 10.1 Å². The van der Waals surface area contributed by atoms with Crippen LogP contribution < -0.4 is 5.32 Å². The van der Waals surface area contributed by atoms with E-state index in [1.807, 2.05) is 6.92 Å².